The highest BCUT2D eigenvalue weighted by atomic mass is 32.1. The highest BCUT2D eigenvalue weighted by Gasteiger charge is 2.48. The maximum absolute atomic E-state index is 6.65. The molecule has 4 aliphatic heterocycles. The second-order valence-corrected chi connectivity index (χ2v) is 30.4. The molecule has 5 aliphatic rings. The standard InChI is InChI=1S/C95H58B2N4O2S/c1-95(2)69-51-57(39-45-63(69)65-24-15-32-78(91(65)95)100-76-31-13-10-28-72(76)96-70-26-8-11-29-74(70)98(79-33-17-35-81(100)92(79)96)59-43-49-84-67(53-59)89-61-21-5-3-19-55(61)41-47-86(89)102-84)58-40-46-77-73(52-58)97-71-27-9-12-30-75(71)99(60-44-50-85-68(54-60)90-62-22-6-4-20-56(62)42-48-87(90)103-85)80-34-18-36-82(93(80)97)101(77)83-37-16-25-66-64-23-7-14-38-88(64)104-94(66)83/h3-54H,1-2H3. The van der Waals surface area contributed by atoms with E-state index in [9.17, 15) is 0 Å². The van der Waals surface area contributed by atoms with Crippen molar-refractivity contribution < 1.29 is 8.83 Å². The molecular weight excluding hydrogens is 1280 g/mol. The smallest absolute Gasteiger partial charge is 0.252 e. The molecule has 104 heavy (non-hydrogen) atoms. The van der Waals surface area contributed by atoms with Gasteiger partial charge in [-0.2, -0.15) is 0 Å². The topological polar surface area (TPSA) is 39.2 Å². The van der Waals surface area contributed by atoms with Crippen LogP contribution >= 0.6 is 11.3 Å². The summed E-state index contributed by atoms with van der Waals surface area (Å²) >= 11 is 1.89. The molecule has 0 saturated carbocycles. The molecule has 482 valence electrons. The molecule has 16 aromatic carbocycles. The van der Waals surface area contributed by atoms with Crippen molar-refractivity contribution in [2.24, 2.45) is 0 Å². The van der Waals surface area contributed by atoms with Crippen molar-refractivity contribution in [3.8, 4) is 22.3 Å². The Balaban J connectivity index is 0.659. The Hall–Kier alpha value is -12.8. The molecule has 0 N–H and O–H groups in total. The molecule has 0 atom stereocenters. The first kappa shape index (κ1) is 56.9. The van der Waals surface area contributed by atoms with E-state index in [1.165, 1.54) is 165 Å². The first-order valence-electron chi connectivity index (χ1n) is 36.1. The van der Waals surface area contributed by atoms with Crippen LogP contribution in [0.1, 0.15) is 25.0 Å². The first-order chi connectivity index (χ1) is 51.4. The van der Waals surface area contributed by atoms with Gasteiger partial charge in [-0.05, 0) is 209 Å². The van der Waals surface area contributed by atoms with E-state index in [0.29, 0.717) is 0 Å². The number of fused-ring (bicyclic) bond motifs is 24. The largest absolute Gasteiger partial charge is 0.456 e. The zero-order valence-electron chi connectivity index (χ0n) is 56.7. The normalized spacial score (nSPS) is 14.2. The molecule has 7 heterocycles. The summed E-state index contributed by atoms with van der Waals surface area (Å²) in [6.07, 6.45) is 0. The molecule has 9 heteroatoms. The second kappa shape index (κ2) is 20.7. The maximum Gasteiger partial charge on any atom is 0.252 e. The summed E-state index contributed by atoms with van der Waals surface area (Å²) in [4.78, 5) is 10.2. The van der Waals surface area contributed by atoms with Gasteiger partial charge in [-0.15, -0.1) is 11.3 Å². The van der Waals surface area contributed by atoms with Crippen LogP contribution in [0.25, 0.3) is 108 Å². The van der Waals surface area contributed by atoms with Crippen molar-refractivity contribution in [3.63, 3.8) is 0 Å². The number of furan rings is 2. The van der Waals surface area contributed by atoms with Crippen molar-refractivity contribution in [1.82, 2.24) is 0 Å². The fourth-order valence-corrected chi connectivity index (χ4v) is 20.7. The van der Waals surface area contributed by atoms with E-state index in [0.717, 1.165) is 55.3 Å². The van der Waals surface area contributed by atoms with Gasteiger partial charge in [0, 0.05) is 99.3 Å². The number of nitrogens with zero attached hydrogens (tertiary/aromatic N) is 4. The van der Waals surface area contributed by atoms with E-state index in [2.05, 4.69) is 349 Å². The summed E-state index contributed by atoms with van der Waals surface area (Å²) in [5, 5.41) is 11.9. The Labute approximate surface area is 603 Å². The summed E-state index contributed by atoms with van der Waals surface area (Å²) in [6, 6.07) is 118. The van der Waals surface area contributed by atoms with Crippen molar-refractivity contribution >= 4 is 211 Å². The summed E-state index contributed by atoms with van der Waals surface area (Å²) in [6.45, 7) is 4.83. The lowest BCUT2D eigenvalue weighted by Crippen LogP contribution is -2.61. The fourth-order valence-electron chi connectivity index (χ4n) is 19.5. The summed E-state index contributed by atoms with van der Waals surface area (Å²) in [5.41, 5.74) is 32.5. The van der Waals surface area contributed by atoms with E-state index in [1.54, 1.807) is 0 Å². The average molecular weight is 1340 g/mol. The highest BCUT2D eigenvalue weighted by molar-refractivity contribution is 7.26. The van der Waals surface area contributed by atoms with Crippen LogP contribution in [-0.4, -0.2) is 13.4 Å². The van der Waals surface area contributed by atoms with Crippen LogP contribution in [0.2, 0.25) is 0 Å². The zero-order valence-corrected chi connectivity index (χ0v) is 57.5. The average Bonchev–Trinajstić information content (AvgIpc) is 1.59. The molecule has 0 spiro atoms. The minimum absolute atomic E-state index is 0.00232. The monoisotopic (exact) mass is 1340 g/mol. The van der Waals surface area contributed by atoms with E-state index in [1.807, 2.05) is 11.3 Å². The van der Waals surface area contributed by atoms with Gasteiger partial charge in [0.05, 0.1) is 16.1 Å². The quantitative estimate of drug-likeness (QED) is 0.160. The van der Waals surface area contributed by atoms with Gasteiger partial charge < -0.3 is 28.4 Å². The van der Waals surface area contributed by atoms with Crippen LogP contribution in [0.5, 0.6) is 0 Å². The molecule has 0 radical (unpaired) electrons. The number of benzene rings is 16. The van der Waals surface area contributed by atoms with Gasteiger partial charge in [-0.25, -0.2) is 0 Å². The fraction of sp³-hybridized carbons (Fsp3) is 0.0316. The summed E-state index contributed by atoms with van der Waals surface area (Å²) < 4.78 is 15.8. The van der Waals surface area contributed by atoms with Gasteiger partial charge in [-0.1, -0.05) is 208 Å². The molecule has 24 rings (SSSR count). The van der Waals surface area contributed by atoms with Crippen LogP contribution in [-0.2, 0) is 5.41 Å². The van der Waals surface area contributed by atoms with Crippen molar-refractivity contribution in [1.29, 1.82) is 0 Å². The van der Waals surface area contributed by atoms with Crippen LogP contribution in [0.15, 0.2) is 324 Å². The lowest BCUT2D eigenvalue weighted by molar-refractivity contribution is 0.661. The van der Waals surface area contributed by atoms with Gasteiger partial charge in [0.15, 0.2) is 0 Å². The number of rotatable bonds is 5. The highest BCUT2D eigenvalue weighted by Crippen LogP contribution is 2.57. The van der Waals surface area contributed by atoms with Gasteiger partial charge in [-0.3, -0.25) is 0 Å². The number of hydrogen-bond acceptors (Lipinski definition) is 7. The minimum atomic E-state index is -0.407. The van der Waals surface area contributed by atoms with Crippen molar-refractivity contribution in [2.75, 3.05) is 19.6 Å². The van der Waals surface area contributed by atoms with Crippen LogP contribution < -0.4 is 52.4 Å². The minimum Gasteiger partial charge on any atom is -0.456 e. The van der Waals surface area contributed by atoms with Gasteiger partial charge >= 0.3 is 0 Å². The van der Waals surface area contributed by atoms with E-state index < -0.39 is 5.41 Å². The Morgan fingerprint density at radius 1 is 0.298 bits per heavy atom. The van der Waals surface area contributed by atoms with Crippen molar-refractivity contribution in [3.05, 3.63) is 327 Å². The Morgan fingerprint density at radius 2 is 0.740 bits per heavy atom. The molecule has 0 amide bonds. The Morgan fingerprint density at radius 3 is 1.37 bits per heavy atom. The number of para-hydroxylation sites is 3. The zero-order chi connectivity index (χ0) is 67.9. The van der Waals surface area contributed by atoms with Gasteiger partial charge in [0.2, 0.25) is 0 Å². The molecule has 0 fully saturated rings. The molecule has 3 aromatic heterocycles. The third-order valence-corrected chi connectivity index (χ3v) is 25.0. The summed E-state index contributed by atoms with van der Waals surface area (Å²) in [7, 11) is 0. The number of anilines is 12. The predicted octanol–water partition coefficient (Wildman–Crippen LogP) is 22.3. The first-order valence-corrected chi connectivity index (χ1v) is 36.9. The SMILES string of the molecule is CC1(C)c2cc(-c3ccc4c(c3)B3c5ccccc5N(c5ccc6oc7ccc8ccccc8c7c6c5)c5cccc(c53)N4c3cccc4c3sc3ccccc34)ccc2-c2cccc(N3c4ccccc4B4c5ccccc5N(c5ccc6oc7ccc8ccccc8c7c6c5)c5cccc3c54)c21. The third-order valence-electron chi connectivity index (χ3n) is 23.8. The third kappa shape index (κ3) is 7.55. The Kier molecular flexibility index (Phi) is 11.3. The van der Waals surface area contributed by atoms with Crippen LogP contribution in [0.3, 0.4) is 0 Å². The molecular formula is C95H58B2N4O2S. The molecule has 19 aromatic rings. The number of hydrogen-bond donors (Lipinski definition) is 0. The second-order valence-electron chi connectivity index (χ2n) is 29.3. The molecule has 6 nitrogen and oxygen atoms in total. The lowest BCUT2D eigenvalue weighted by Gasteiger charge is -2.44. The van der Waals surface area contributed by atoms with Crippen molar-refractivity contribution in [2.45, 2.75) is 19.3 Å². The van der Waals surface area contributed by atoms with Crippen LogP contribution in [0.4, 0.5) is 68.2 Å². The van der Waals surface area contributed by atoms with E-state index in [-0.39, 0.29) is 13.4 Å². The van der Waals surface area contributed by atoms with Crippen LogP contribution in [0, 0.1) is 0 Å². The Bertz CT molecular complexity index is 7060. The molecule has 0 unspecified atom stereocenters. The predicted molar refractivity (Wildman–Crippen MR) is 440 cm³/mol. The van der Waals surface area contributed by atoms with E-state index >= 15 is 0 Å². The van der Waals surface area contributed by atoms with E-state index in [4.69, 9.17) is 8.83 Å². The number of thiophene rings is 1. The van der Waals surface area contributed by atoms with Gasteiger partial charge in [0.1, 0.15) is 22.3 Å². The summed E-state index contributed by atoms with van der Waals surface area (Å²) in [5.74, 6) is 0. The molecule has 1 aliphatic carbocycles. The molecule has 0 saturated heterocycles. The lowest BCUT2D eigenvalue weighted by atomic mass is 9.33. The maximum atomic E-state index is 6.65. The molecule has 0 bridgehead atoms. The van der Waals surface area contributed by atoms with Gasteiger partial charge in [0.25, 0.3) is 13.4 Å².